The molecule has 4 N–H and O–H groups in total. The number of aliphatic hydroxyl groups is 2. The molecule has 0 radical (unpaired) electrons. The molecule has 0 aliphatic heterocycles. The Bertz CT molecular complexity index is 208. The Balaban J connectivity index is 4.64. The molecule has 0 heterocycles. The van der Waals surface area contributed by atoms with E-state index in [0.717, 1.165) is 0 Å². The van der Waals surface area contributed by atoms with Gasteiger partial charge >= 0.3 is 11.9 Å². The molecule has 0 aromatic carbocycles. The van der Waals surface area contributed by atoms with Gasteiger partial charge in [0.15, 0.2) is 0 Å². The Morgan fingerprint density at radius 1 is 1.21 bits per heavy atom. The summed E-state index contributed by atoms with van der Waals surface area (Å²) < 4.78 is 0. The van der Waals surface area contributed by atoms with E-state index in [1.807, 2.05) is 0 Å². The van der Waals surface area contributed by atoms with Crippen LogP contribution in [0.5, 0.6) is 0 Å². The van der Waals surface area contributed by atoms with Gasteiger partial charge in [-0.3, -0.25) is 9.59 Å². The molecular weight excluding hydrogens is 192 g/mol. The van der Waals surface area contributed by atoms with Gasteiger partial charge in [0.05, 0.1) is 18.4 Å². The largest absolute Gasteiger partial charge is 0.481 e. The van der Waals surface area contributed by atoms with Crippen molar-refractivity contribution in [1.29, 1.82) is 0 Å². The number of carboxylic acids is 2. The van der Waals surface area contributed by atoms with Crippen LogP contribution < -0.4 is 0 Å². The Morgan fingerprint density at radius 3 is 1.79 bits per heavy atom. The third kappa shape index (κ3) is 3.71. The molecule has 14 heavy (non-hydrogen) atoms. The summed E-state index contributed by atoms with van der Waals surface area (Å²) in [6, 6.07) is 0. The summed E-state index contributed by atoms with van der Waals surface area (Å²) in [7, 11) is 0. The van der Waals surface area contributed by atoms with Crippen molar-refractivity contribution in [2.24, 2.45) is 5.92 Å². The molecule has 0 aromatic heterocycles. The van der Waals surface area contributed by atoms with E-state index in [-0.39, 0.29) is 0 Å². The molecular formula is C8H14O6. The molecule has 0 saturated heterocycles. The predicted molar refractivity (Wildman–Crippen MR) is 45.7 cm³/mol. The molecule has 0 aliphatic rings. The van der Waals surface area contributed by atoms with E-state index < -0.39 is 42.9 Å². The van der Waals surface area contributed by atoms with Gasteiger partial charge in [-0.2, -0.15) is 0 Å². The normalized spacial score (nSPS) is 13.6. The predicted octanol–water partition coefficient (Wildman–Crippen LogP) is -0.705. The minimum absolute atomic E-state index is 0.461. The van der Waals surface area contributed by atoms with Crippen molar-refractivity contribution in [2.75, 3.05) is 6.61 Å². The van der Waals surface area contributed by atoms with Crippen LogP contribution >= 0.6 is 0 Å². The molecule has 0 aliphatic carbocycles. The lowest BCUT2D eigenvalue weighted by Gasteiger charge is -2.30. The second-order valence-corrected chi connectivity index (χ2v) is 3.33. The van der Waals surface area contributed by atoms with E-state index in [4.69, 9.17) is 15.3 Å². The molecule has 0 amide bonds. The van der Waals surface area contributed by atoms with Gasteiger partial charge < -0.3 is 20.4 Å². The Hall–Kier alpha value is -1.14. The lowest BCUT2D eigenvalue weighted by atomic mass is 9.83. The van der Waals surface area contributed by atoms with E-state index in [1.165, 1.54) is 6.92 Å². The van der Waals surface area contributed by atoms with Crippen LogP contribution in [0.1, 0.15) is 19.8 Å². The highest BCUT2D eigenvalue weighted by Gasteiger charge is 2.38. The second kappa shape index (κ2) is 4.92. The molecule has 6 nitrogen and oxygen atoms in total. The zero-order valence-corrected chi connectivity index (χ0v) is 7.80. The highest BCUT2D eigenvalue weighted by molar-refractivity contribution is 5.72. The highest BCUT2D eigenvalue weighted by atomic mass is 16.4. The van der Waals surface area contributed by atoms with E-state index in [1.54, 1.807) is 0 Å². The van der Waals surface area contributed by atoms with Crippen molar-refractivity contribution in [1.82, 2.24) is 0 Å². The van der Waals surface area contributed by atoms with Crippen LogP contribution in [-0.2, 0) is 9.59 Å². The number of carboxylic acid groups (broad SMARTS) is 2. The third-order valence-electron chi connectivity index (χ3n) is 2.11. The van der Waals surface area contributed by atoms with E-state index in [2.05, 4.69) is 0 Å². The van der Waals surface area contributed by atoms with Crippen molar-refractivity contribution in [3.05, 3.63) is 0 Å². The van der Waals surface area contributed by atoms with Crippen LogP contribution in [0.2, 0.25) is 0 Å². The molecule has 1 atom stereocenters. The zero-order chi connectivity index (χ0) is 11.4. The fraction of sp³-hybridized carbons (Fsp3) is 0.750. The monoisotopic (exact) mass is 206 g/mol. The van der Waals surface area contributed by atoms with Gasteiger partial charge in [0.2, 0.25) is 0 Å². The van der Waals surface area contributed by atoms with Crippen molar-refractivity contribution >= 4 is 11.9 Å². The average molecular weight is 206 g/mol. The minimum atomic E-state index is -1.90. The van der Waals surface area contributed by atoms with Gasteiger partial charge in [-0.25, -0.2) is 0 Å². The lowest BCUT2D eigenvalue weighted by molar-refractivity contribution is -0.153. The first-order chi connectivity index (χ1) is 6.31. The zero-order valence-electron chi connectivity index (χ0n) is 7.80. The van der Waals surface area contributed by atoms with Crippen molar-refractivity contribution in [3.8, 4) is 0 Å². The summed E-state index contributed by atoms with van der Waals surface area (Å²) in [6.45, 7) is 0.933. The van der Waals surface area contributed by atoms with Gasteiger partial charge in [0.25, 0.3) is 0 Å². The van der Waals surface area contributed by atoms with Crippen LogP contribution in [0, 0.1) is 5.92 Å². The maximum atomic E-state index is 10.4. The number of hydrogen-bond acceptors (Lipinski definition) is 4. The van der Waals surface area contributed by atoms with Crippen LogP contribution in [0.3, 0.4) is 0 Å². The third-order valence-corrected chi connectivity index (χ3v) is 2.11. The maximum absolute atomic E-state index is 10.4. The number of aliphatic hydroxyl groups excluding tert-OH is 1. The van der Waals surface area contributed by atoms with Crippen molar-refractivity contribution in [2.45, 2.75) is 25.4 Å². The number of hydrogen-bond donors (Lipinski definition) is 4. The summed E-state index contributed by atoms with van der Waals surface area (Å²) in [6.07, 6.45) is -1.39. The van der Waals surface area contributed by atoms with Gasteiger partial charge in [0, 0.05) is 12.5 Å². The molecule has 0 aromatic rings. The summed E-state index contributed by atoms with van der Waals surface area (Å²) in [5.74, 6) is -3.39. The molecule has 0 fully saturated rings. The summed E-state index contributed by atoms with van der Waals surface area (Å²) >= 11 is 0. The molecule has 0 saturated carbocycles. The summed E-state index contributed by atoms with van der Waals surface area (Å²) in [4.78, 5) is 20.8. The SMILES string of the molecule is CC(CO)C(O)(CC(=O)O)CC(=O)O. The first-order valence-electron chi connectivity index (χ1n) is 4.08. The molecule has 82 valence electrons. The Kier molecular flexibility index (Phi) is 4.52. The maximum Gasteiger partial charge on any atom is 0.306 e. The fourth-order valence-electron chi connectivity index (χ4n) is 1.10. The number of rotatable bonds is 6. The average Bonchev–Trinajstić information content (AvgIpc) is 1.99. The highest BCUT2D eigenvalue weighted by Crippen LogP contribution is 2.25. The second-order valence-electron chi connectivity index (χ2n) is 3.33. The number of carbonyl (C=O) groups is 2. The van der Waals surface area contributed by atoms with Crippen molar-refractivity contribution in [3.63, 3.8) is 0 Å². The Labute approximate surface area is 80.8 Å². The molecule has 1 unspecified atom stereocenters. The van der Waals surface area contributed by atoms with Gasteiger partial charge in [-0.15, -0.1) is 0 Å². The minimum Gasteiger partial charge on any atom is -0.481 e. The van der Waals surface area contributed by atoms with Crippen LogP contribution in [0.4, 0.5) is 0 Å². The fourth-order valence-corrected chi connectivity index (χ4v) is 1.10. The van der Waals surface area contributed by atoms with Crippen LogP contribution in [0.25, 0.3) is 0 Å². The van der Waals surface area contributed by atoms with Crippen LogP contribution in [-0.4, -0.2) is 44.6 Å². The molecule has 6 heteroatoms. The van der Waals surface area contributed by atoms with Gasteiger partial charge in [0.1, 0.15) is 0 Å². The lowest BCUT2D eigenvalue weighted by Crippen LogP contribution is -2.42. The summed E-state index contributed by atoms with van der Waals surface area (Å²) in [5, 5.41) is 35.4. The smallest absolute Gasteiger partial charge is 0.306 e. The van der Waals surface area contributed by atoms with Gasteiger partial charge in [-0.05, 0) is 0 Å². The summed E-state index contributed by atoms with van der Waals surface area (Å²) in [5.41, 5.74) is -1.90. The molecule has 0 rings (SSSR count). The van der Waals surface area contributed by atoms with Gasteiger partial charge in [-0.1, -0.05) is 6.92 Å². The van der Waals surface area contributed by atoms with E-state index in [0.29, 0.717) is 0 Å². The first kappa shape index (κ1) is 12.9. The quantitative estimate of drug-likeness (QED) is 0.456. The topological polar surface area (TPSA) is 115 Å². The molecule has 0 bridgehead atoms. The van der Waals surface area contributed by atoms with Crippen LogP contribution in [0.15, 0.2) is 0 Å². The first-order valence-corrected chi connectivity index (χ1v) is 4.08. The molecule has 0 spiro atoms. The number of aliphatic carboxylic acids is 2. The Morgan fingerprint density at radius 2 is 1.57 bits per heavy atom. The standard InChI is InChI=1S/C8H14O6/c1-5(4-9)8(14,2-6(10)11)3-7(12)13/h5,9,14H,2-4H2,1H3,(H,10,11)(H,12,13). The van der Waals surface area contributed by atoms with E-state index >= 15 is 0 Å². The van der Waals surface area contributed by atoms with E-state index in [9.17, 15) is 14.7 Å². The van der Waals surface area contributed by atoms with Crippen molar-refractivity contribution < 1.29 is 30.0 Å².